The summed E-state index contributed by atoms with van der Waals surface area (Å²) in [6.07, 6.45) is 6.01. The minimum absolute atomic E-state index is 0.342. The van der Waals surface area contributed by atoms with Crippen LogP contribution >= 0.6 is 0 Å². The second-order valence-corrected chi connectivity index (χ2v) is 5.25. The van der Waals surface area contributed by atoms with Crippen molar-refractivity contribution in [2.75, 3.05) is 19.8 Å². The average Bonchev–Trinajstić information content (AvgIpc) is 2.30. The molecular weight excluding hydrogens is 260 g/mol. The van der Waals surface area contributed by atoms with Crippen molar-refractivity contribution in [1.82, 2.24) is 0 Å². The minimum Gasteiger partial charge on any atom is -0.394 e. The maximum atomic E-state index is 10.3. The Morgan fingerprint density at radius 1 is 1.11 bits per heavy atom. The fourth-order valence-corrected chi connectivity index (χ4v) is 1.77. The number of aliphatic hydroxyl groups is 1. The Morgan fingerprint density at radius 3 is 2.28 bits per heavy atom. The summed E-state index contributed by atoms with van der Waals surface area (Å²) in [5.41, 5.74) is 0. The van der Waals surface area contributed by atoms with Gasteiger partial charge in [0.2, 0.25) is 0 Å². The summed E-state index contributed by atoms with van der Waals surface area (Å²) < 4.78 is 38.4. The third kappa shape index (κ3) is 12.3. The summed E-state index contributed by atoms with van der Waals surface area (Å²) in [5, 5.41) is 8.91. The van der Waals surface area contributed by atoms with Gasteiger partial charge in [-0.1, -0.05) is 39.0 Å². The van der Waals surface area contributed by atoms with Crippen LogP contribution in [0.5, 0.6) is 0 Å². The molecule has 0 aliphatic carbocycles. The van der Waals surface area contributed by atoms with Gasteiger partial charge in [0.1, 0.15) is 6.10 Å². The SMILES string of the molecule is CCCCCCCCOC(CO)COS(=O)(=O)O. The Balaban J connectivity index is 3.50. The van der Waals surface area contributed by atoms with Crippen molar-refractivity contribution in [1.29, 1.82) is 0 Å². The fourth-order valence-electron chi connectivity index (χ4n) is 1.45. The van der Waals surface area contributed by atoms with Gasteiger partial charge in [-0.15, -0.1) is 0 Å². The molecule has 0 saturated carbocycles. The van der Waals surface area contributed by atoms with Crippen LogP contribution in [0.25, 0.3) is 0 Å². The zero-order valence-electron chi connectivity index (χ0n) is 10.9. The van der Waals surface area contributed by atoms with Crippen LogP contribution in [0.2, 0.25) is 0 Å². The Morgan fingerprint density at radius 2 is 1.72 bits per heavy atom. The third-order valence-corrected chi connectivity index (χ3v) is 2.89. The maximum absolute atomic E-state index is 10.3. The lowest BCUT2D eigenvalue weighted by molar-refractivity contribution is -0.0156. The fraction of sp³-hybridized carbons (Fsp3) is 1.00. The molecule has 7 heteroatoms. The van der Waals surface area contributed by atoms with E-state index in [0.717, 1.165) is 19.3 Å². The van der Waals surface area contributed by atoms with E-state index in [4.69, 9.17) is 14.4 Å². The van der Waals surface area contributed by atoms with Gasteiger partial charge in [0.15, 0.2) is 0 Å². The lowest BCUT2D eigenvalue weighted by Gasteiger charge is -2.14. The van der Waals surface area contributed by atoms with Gasteiger partial charge >= 0.3 is 10.4 Å². The first-order chi connectivity index (χ1) is 8.49. The Bertz CT molecular complexity index is 277. The van der Waals surface area contributed by atoms with Gasteiger partial charge in [0.05, 0.1) is 13.2 Å². The highest BCUT2D eigenvalue weighted by Gasteiger charge is 2.13. The number of aliphatic hydroxyl groups excluding tert-OH is 1. The molecule has 0 rings (SSSR count). The first-order valence-corrected chi connectivity index (χ1v) is 7.70. The van der Waals surface area contributed by atoms with Gasteiger partial charge in [0, 0.05) is 6.61 Å². The highest BCUT2D eigenvalue weighted by molar-refractivity contribution is 7.80. The zero-order valence-corrected chi connectivity index (χ0v) is 11.7. The van der Waals surface area contributed by atoms with Crippen LogP contribution < -0.4 is 0 Å². The molecule has 0 aromatic carbocycles. The summed E-state index contributed by atoms with van der Waals surface area (Å²) in [7, 11) is -4.47. The zero-order chi connectivity index (χ0) is 13.9. The van der Waals surface area contributed by atoms with E-state index in [2.05, 4.69) is 11.1 Å². The van der Waals surface area contributed by atoms with Gasteiger partial charge in [-0.05, 0) is 6.42 Å². The molecule has 0 aliphatic rings. The van der Waals surface area contributed by atoms with Crippen LogP contribution in [0.1, 0.15) is 45.4 Å². The molecule has 0 radical (unpaired) electrons. The van der Waals surface area contributed by atoms with Crippen molar-refractivity contribution in [2.45, 2.75) is 51.6 Å². The van der Waals surface area contributed by atoms with E-state index in [-0.39, 0.29) is 13.2 Å². The minimum atomic E-state index is -4.47. The predicted octanol–water partition coefficient (Wildman–Crippen LogP) is 1.54. The Labute approximate surface area is 109 Å². The standard InChI is InChI=1S/C11H24O6S/c1-2-3-4-5-6-7-8-16-11(9-12)10-17-18(13,14)15/h11-12H,2-10H2,1H3,(H,13,14,15). The molecule has 0 aromatic heterocycles. The van der Waals surface area contributed by atoms with Crippen molar-refractivity contribution in [2.24, 2.45) is 0 Å². The normalized spacial score (nSPS) is 13.7. The number of hydrogen-bond acceptors (Lipinski definition) is 5. The summed E-state index contributed by atoms with van der Waals surface area (Å²) in [6, 6.07) is 0. The van der Waals surface area contributed by atoms with Gasteiger partial charge < -0.3 is 9.84 Å². The molecule has 18 heavy (non-hydrogen) atoms. The van der Waals surface area contributed by atoms with Crippen LogP contribution in [-0.2, 0) is 19.3 Å². The number of ether oxygens (including phenoxy) is 1. The van der Waals surface area contributed by atoms with E-state index in [0.29, 0.717) is 6.61 Å². The van der Waals surface area contributed by atoms with Crippen LogP contribution in [0, 0.1) is 0 Å². The number of rotatable bonds is 12. The van der Waals surface area contributed by atoms with E-state index in [1.807, 2.05) is 0 Å². The molecule has 0 fully saturated rings. The average molecular weight is 284 g/mol. The van der Waals surface area contributed by atoms with E-state index in [1.54, 1.807) is 0 Å². The van der Waals surface area contributed by atoms with E-state index >= 15 is 0 Å². The van der Waals surface area contributed by atoms with Crippen molar-refractivity contribution in [3.05, 3.63) is 0 Å². The molecular formula is C11H24O6S. The highest BCUT2D eigenvalue weighted by atomic mass is 32.3. The quantitative estimate of drug-likeness (QED) is 0.417. The molecule has 0 aliphatic heterocycles. The lowest BCUT2D eigenvalue weighted by Crippen LogP contribution is -2.26. The van der Waals surface area contributed by atoms with Crippen LogP contribution in [0.4, 0.5) is 0 Å². The molecule has 0 heterocycles. The molecule has 6 nitrogen and oxygen atoms in total. The van der Waals surface area contributed by atoms with Gasteiger partial charge in [-0.25, -0.2) is 4.18 Å². The van der Waals surface area contributed by atoms with Gasteiger partial charge in [0.25, 0.3) is 0 Å². The first-order valence-electron chi connectivity index (χ1n) is 6.34. The van der Waals surface area contributed by atoms with Crippen LogP contribution in [-0.4, -0.2) is 44.0 Å². The molecule has 2 N–H and O–H groups in total. The highest BCUT2D eigenvalue weighted by Crippen LogP contribution is 2.06. The van der Waals surface area contributed by atoms with E-state index < -0.39 is 16.5 Å². The second-order valence-electron chi connectivity index (χ2n) is 4.16. The molecule has 0 spiro atoms. The molecule has 1 unspecified atom stereocenters. The summed E-state index contributed by atoms with van der Waals surface area (Å²) in [4.78, 5) is 0. The van der Waals surface area contributed by atoms with Crippen molar-refractivity contribution in [3.8, 4) is 0 Å². The second kappa shape index (κ2) is 10.7. The van der Waals surface area contributed by atoms with Gasteiger partial charge in [-0.2, -0.15) is 8.42 Å². The summed E-state index contributed by atoms with van der Waals surface area (Å²) >= 11 is 0. The topological polar surface area (TPSA) is 93.1 Å². The van der Waals surface area contributed by atoms with E-state index in [1.165, 1.54) is 19.3 Å². The third-order valence-electron chi connectivity index (χ3n) is 2.46. The van der Waals surface area contributed by atoms with Crippen molar-refractivity contribution in [3.63, 3.8) is 0 Å². The Hall–Kier alpha value is -0.210. The summed E-state index contributed by atoms with van der Waals surface area (Å²) in [5.74, 6) is 0. The molecule has 0 amide bonds. The molecule has 0 aromatic rings. The predicted molar refractivity (Wildman–Crippen MR) is 67.7 cm³/mol. The smallest absolute Gasteiger partial charge is 0.394 e. The monoisotopic (exact) mass is 284 g/mol. The lowest BCUT2D eigenvalue weighted by atomic mass is 10.1. The van der Waals surface area contributed by atoms with E-state index in [9.17, 15) is 8.42 Å². The van der Waals surface area contributed by atoms with Gasteiger partial charge in [-0.3, -0.25) is 4.55 Å². The Kier molecular flexibility index (Phi) is 10.6. The largest absolute Gasteiger partial charge is 0.397 e. The maximum Gasteiger partial charge on any atom is 0.397 e. The molecule has 0 saturated heterocycles. The molecule has 110 valence electrons. The number of unbranched alkanes of at least 4 members (excludes halogenated alkanes) is 5. The molecule has 1 atom stereocenters. The van der Waals surface area contributed by atoms with Crippen molar-refractivity contribution < 1.29 is 27.0 Å². The van der Waals surface area contributed by atoms with Crippen LogP contribution in [0.3, 0.4) is 0 Å². The summed E-state index contributed by atoms with van der Waals surface area (Å²) in [6.45, 7) is 1.90. The van der Waals surface area contributed by atoms with Crippen LogP contribution in [0.15, 0.2) is 0 Å². The van der Waals surface area contributed by atoms with Crippen molar-refractivity contribution >= 4 is 10.4 Å². The first kappa shape index (κ1) is 17.8. The number of hydrogen-bond donors (Lipinski definition) is 2. The molecule has 0 bridgehead atoms.